The number of carbonyl (C=O) groups excluding carboxylic acids is 1. The van der Waals surface area contributed by atoms with Crippen molar-refractivity contribution >= 4 is 28.4 Å². The molecule has 0 aliphatic rings. The van der Waals surface area contributed by atoms with Gasteiger partial charge in [0.1, 0.15) is 22.3 Å². The molecule has 1 aromatic carbocycles. The summed E-state index contributed by atoms with van der Waals surface area (Å²) in [6.45, 7) is 2.38. The molecule has 0 fully saturated rings. The van der Waals surface area contributed by atoms with Gasteiger partial charge in [0, 0.05) is 11.9 Å². The molecule has 2 heterocycles. The van der Waals surface area contributed by atoms with Crippen LogP contribution in [-0.2, 0) is 6.42 Å². The van der Waals surface area contributed by atoms with Gasteiger partial charge in [-0.1, -0.05) is 36.0 Å². The van der Waals surface area contributed by atoms with Crippen molar-refractivity contribution in [2.45, 2.75) is 32.3 Å². The number of hydrogen-bond donors (Lipinski definition) is 2. The number of hydrogen-bond acceptors (Lipinski definition) is 6. The normalized spacial score (nSPS) is 12.4. The van der Waals surface area contributed by atoms with Crippen LogP contribution in [0.3, 0.4) is 0 Å². The molecule has 7 heteroatoms. The largest absolute Gasteiger partial charge is 0.458 e. The Morgan fingerprint density at radius 1 is 1.42 bits per heavy atom. The van der Waals surface area contributed by atoms with Crippen molar-refractivity contribution in [3.8, 4) is 0 Å². The van der Waals surface area contributed by atoms with Crippen LogP contribution in [-0.4, -0.2) is 27.1 Å². The van der Waals surface area contributed by atoms with Crippen LogP contribution in [0, 0.1) is 0 Å². The third kappa shape index (κ3) is 3.63. The minimum absolute atomic E-state index is 0.190. The Labute approximate surface area is 143 Å². The van der Waals surface area contributed by atoms with Crippen LogP contribution in [0.5, 0.6) is 0 Å². The van der Waals surface area contributed by atoms with Crippen LogP contribution in [0.1, 0.15) is 47.0 Å². The van der Waals surface area contributed by atoms with E-state index < -0.39 is 6.10 Å². The fraction of sp³-hybridized carbons (Fsp3) is 0.353. The highest BCUT2D eigenvalue weighted by Gasteiger charge is 2.17. The molecule has 0 saturated heterocycles. The van der Waals surface area contributed by atoms with Crippen molar-refractivity contribution in [3.63, 3.8) is 0 Å². The molecule has 0 aliphatic heterocycles. The van der Waals surface area contributed by atoms with Crippen LogP contribution in [0.15, 0.2) is 34.7 Å². The van der Waals surface area contributed by atoms with Crippen LogP contribution in [0.2, 0.25) is 0 Å². The number of aromatic nitrogens is 2. The highest BCUT2D eigenvalue weighted by Crippen LogP contribution is 2.25. The molecular weight excluding hydrogens is 326 g/mol. The summed E-state index contributed by atoms with van der Waals surface area (Å²) in [6.07, 6.45) is 1.27. The van der Waals surface area contributed by atoms with E-state index in [9.17, 15) is 9.90 Å². The first-order chi connectivity index (χ1) is 11.7. The van der Waals surface area contributed by atoms with Gasteiger partial charge in [0.15, 0.2) is 0 Å². The molecule has 0 radical (unpaired) electrons. The zero-order chi connectivity index (χ0) is 16.9. The number of aliphatic hydroxyl groups excluding tert-OH is 1. The number of amides is 1. The first-order valence-corrected chi connectivity index (χ1v) is 8.72. The summed E-state index contributed by atoms with van der Waals surface area (Å²) in [6, 6.07) is 9.43. The molecule has 2 aromatic heterocycles. The highest BCUT2D eigenvalue weighted by atomic mass is 32.1. The summed E-state index contributed by atoms with van der Waals surface area (Å²) in [7, 11) is 0. The summed E-state index contributed by atoms with van der Waals surface area (Å²) in [5.41, 5.74) is 1.48. The maximum atomic E-state index is 12.2. The molecule has 0 bridgehead atoms. The average Bonchev–Trinajstić information content (AvgIpc) is 3.21. The number of nitrogens with zero attached hydrogens (tertiary/aromatic N) is 2. The standard InChI is InChI=1S/C17H19N3O3S/c1-2-5-12-16(24-20-19-12)17(22)18-9-8-13(21)15-10-11-6-3-4-7-14(11)23-15/h3-4,6-7,10,13,21H,2,5,8-9H2,1H3,(H,18,22)/t13-/m1/s1. The van der Waals surface area contributed by atoms with Crippen LogP contribution < -0.4 is 5.32 Å². The zero-order valence-electron chi connectivity index (χ0n) is 13.4. The lowest BCUT2D eigenvalue weighted by Crippen LogP contribution is -2.25. The number of fused-ring (bicyclic) bond motifs is 1. The van der Waals surface area contributed by atoms with Gasteiger partial charge in [-0.05, 0) is 36.5 Å². The van der Waals surface area contributed by atoms with E-state index in [1.54, 1.807) is 0 Å². The maximum absolute atomic E-state index is 12.2. The smallest absolute Gasteiger partial charge is 0.264 e. The maximum Gasteiger partial charge on any atom is 0.264 e. The Morgan fingerprint density at radius 2 is 2.25 bits per heavy atom. The molecule has 3 aromatic rings. The van der Waals surface area contributed by atoms with E-state index in [-0.39, 0.29) is 5.91 Å². The van der Waals surface area contributed by atoms with Gasteiger partial charge in [0.2, 0.25) is 0 Å². The number of furan rings is 1. The molecule has 0 unspecified atom stereocenters. The topological polar surface area (TPSA) is 88.2 Å². The molecule has 0 spiro atoms. The molecule has 3 rings (SSSR count). The predicted molar refractivity (Wildman–Crippen MR) is 92.0 cm³/mol. The van der Waals surface area contributed by atoms with Gasteiger partial charge >= 0.3 is 0 Å². The fourth-order valence-electron chi connectivity index (χ4n) is 2.49. The van der Waals surface area contributed by atoms with Crippen LogP contribution in [0.4, 0.5) is 0 Å². The molecule has 126 valence electrons. The monoisotopic (exact) mass is 345 g/mol. The number of rotatable bonds is 7. The van der Waals surface area contributed by atoms with Gasteiger partial charge < -0.3 is 14.8 Å². The van der Waals surface area contributed by atoms with E-state index in [1.165, 1.54) is 0 Å². The second-order valence-electron chi connectivity index (χ2n) is 5.55. The van der Waals surface area contributed by atoms with Crippen molar-refractivity contribution in [2.75, 3.05) is 6.54 Å². The summed E-state index contributed by atoms with van der Waals surface area (Å²) in [5, 5.41) is 18.0. The number of carbonyl (C=O) groups is 1. The predicted octanol–water partition coefficient (Wildman–Crippen LogP) is 3.09. The molecule has 1 amide bonds. The van der Waals surface area contributed by atoms with Crippen molar-refractivity contribution in [3.05, 3.63) is 46.7 Å². The fourth-order valence-corrected chi connectivity index (χ4v) is 3.12. The van der Waals surface area contributed by atoms with E-state index in [2.05, 4.69) is 14.9 Å². The first kappa shape index (κ1) is 16.6. The van der Waals surface area contributed by atoms with Crippen molar-refractivity contribution < 1.29 is 14.3 Å². The second kappa shape index (κ2) is 7.55. The van der Waals surface area contributed by atoms with Crippen LogP contribution >= 0.6 is 11.5 Å². The molecule has 6 nitrogen and oxygen atoms in total. The summed E-state index contributed by atoms with van der Waals surface area (Å²) in [5.74, 6) is 0.321. The Balaban J connectivity index is 1.55. The molecule has 1 atom stereocenters. The summed E-state index contributed by atoms with van der Waals surface area (Å²) in [4.78, 5) is 12.7. The Bertz CT molecular complexity index is 794. The summed E-state index contributed by atoms with van der Waals surface area (Å²) < 4.78 is 9.47. The second-order valence-corrected chi connectivity index (χ2v) is 6.30. The number of aryl methyl sites for hydroxylation is 1. The SMILES string of the molecule is CCCc1nnsc1C(=O)NCC[C@@H](O)c1cc2ccccc2o1. The van der Waals surface area contributed by atoms with Gasteiger partial charge in [0.05, 0.1) is 5.69 Å². The molecule has 24 heavy (non-hydrogen) atoms. The Kier molecular flexibility index (Phi) is 5.22. The molecule has 0 aliphatic carbocycles. The van der Waals surface area contributed by atoms with Crippen molar-refractivity contribution in [1.29, 1.82) is 0 Å². The quantitative estimate of drug-likeness (QED) is 0.687. The number of aliphatic hydroxyl groups is 1. The van der Waals surface area contributed by atoms with Gasteiger partial charge in [-0.3, -0.25) is 4.79 Å². The number of benzene rings is 1. The van der Waals surface area contributed by atoms with E-state index in [1.807, 2.05) is 37.3 Å². The van der Waals surface area contributed by atoms with Crippen molar-refractivity contribution in [1.82, 2.24) is 14.9 Å². The van der Waals surface area contributed by atoms with E-state index in [0.717, 1.165) is 41.0 Å². The molecular formula is C17H19N3O3S. The lowest BCUT2D eigenvalue weighted by Gasteiger charge is -2.08. The molecule has 0 saturated carbocycles. The zero-order valence-corrected chi connectivity index (χ0v) is 14.2. The summed E-state index contributed by atoms with van der Waals surface area (Å²) >= 11 is 1.10. The van der Waals surface area contributed by atoms with Gasteiger partial charge in [-0.2, -0.15) is 0 Å². The average molecular weight is 345 g/mol. The van der Waals surface area contributed by atoms with E-state index >= 15 is 0 Å². The lowest BCUT2D eigenvalue weighted by molar-refractivity contribution is 0.0939. The first-order valence-electron chi connectivity index (χ1n) is 7.95. The minimum Gasteiger partial charge on any atom is -0.458 e. The van der Waals surface area contributed by atoms with E-state index in [0.29, 0.717) is 23.6 Å². The minimum atomic E-state index is -0.757. The lowest BCUT2D eigenvalue weighted by atomic mass is 10.2. The number of nitrogens with one attached hydrogen (secondary N) is 1. The highest BCUT2D eigenvalue weighted by molar-refractivity contribution is 7.08. The Morgan fingerprint density at radius 3 is 3.04 bits per heavy atom. The number of para-hydroxylation sites is 1. The Hall–Kier alpha value is -2.25. The third-order valence-corrected chi connectivity index (χ3v) is 4.49. The molecule has 2 N–H and O–H groups in total. The van der Waals surface area contributed by atoms with Gasteiger partial charge in [-0.25, -0.2) is 0 Å². The van der Waals surface area contributed by atoms with Crippen LogP contribution in [0.25, 0.3) is 11.0 Å². The van der Waals surface area contributed by atoms with Gasteiger partial charge in [-0.15, -0.1) is 5.10 Å². The van der Waals surface area contributed by atoms with Crippen molar-refractivity contribution in [2.24, 2.45) is 0 Å². The van der Waals surface area contributed by atoms with E-state index in [4.69, 9.17) is 4.42 Å². The third-order valence-electron chi connectivity index (χ3n) is 3.73. The van der Waals surface area contributed by atoms with Gasteiger partial charge in [0.25, 0.3) is 5.91 Å².